The summed E-state index contributed by atoms with van der Waals surface area (Å²) in [7, 11) is 0. The number of aliphatic hydroxyl groups excluding tert-OH is 3. The van der Waals surface area contributed by atoms with Gasteiger partial charge >= 0.3 is 5.97 Å². The number of carboxylic acids is 1. The highest BCUT2D eigenvalue weighted by molar-refractivity contribution is 5.66. The van der Waals surface area contributed by atoms with Crippen molar-refractivity contribution in [1.29, 1.82) is 0 Å². The third kappa shape index (κ3) is 8.24. The average Bonchev–Trinajstić information content (AvgIpc) is 2.92. The molecule has 0 aromatic rings. The van der Waals surface area contributed by atoms with Crippen LogP contribution in [0.25, 0.3) is 0 Å². The Kier molecular flexibility index (Phi) is 10.2. The molecule has 6 nitrogen and oxygen atoms in total. The van der Waals surface area contributed by atoms with Crippen molar-refractivity contribution in [1.82, 2.24) is 0 Å². The molecular weight excluding hydrogens is 312 g/mol. The topological polar surface area (TPSA) is 107 Å². The van der Waals surface area contributed by atoms with Crippen LogP contribution in [0.5, 0.6) is 0 Å². The Labute approximate surface area is 144 Å². The number of unbranched alkanes of at least 4 members (excludes halogenated alkanes) is 4. The number of hydrogen-bond acceptors (Lipinski definition) is 5. The molecule has 1 aliphatic rings. The van der Waals surface area contributed by atoms with Crippen molar-refractivity contribution in [3.63, 3.8) is 0 Å². The van der Waals surface area contributed by atoms with E-state index in [4.69, 9.17) is 9.84 Å². The van der Waals surface area contributed by atoms with E-state index in [-0.39, 0.29) is 12.5 Å². The largest absolute Gasteiger partial charge is 0.481 e. The van der Waals surface area contributed by atoms with Crippen molar-refractivity contribution in [2.75, 3.05) is 0 Å². The standard InChI is InChI=1S/C18H32O6/c1-2-14(20)17-12-15(21)16(24-17)11-10-13(19)8-6-4-3-5-7-9-18(22)23/h10-11,13-17,19-21H,2-9,12H2,1H3,(H,22,23)/b11-10+/t13-,14-,15+,16-,17+/m0/s1. The molecule has 0 radical (unpaired) electrons. The fourth-order valence-corrected chi connectivity index (χ4v) is 2.90. The SMILES string of the molecule is CC[C@H](O)[C@H]1C[C@@H](O)[C@H](/C=C/[C@@H](O)CCCCCCCC(=O)O)O1. The predicted octanol–water partition coefficient (Wildman–Crippen LogP) is 2.01. The fraction of sp³-hybridized carbons (Fsp3) is 0.833. The van der Waals surface area contributed by atoms with Crippen LogP contribution in [0.15, 0.2) is 12.2 Å². The molecule has 1 fully saturated rings. The first-order chi connectivity index (χ1) is 11.4. The van der Waals surface area contributed by atoms with Crippen LogP contribution >= 0.6 is 0 Å². The molecule has 0 spiro atoms. The van der Waals surface area contributed by atoms with Gasteiger partial charge in [-0.2, -0.15) is 0 Å². The van der Waals surface area contributed by atoms with Gasteiger partial charge in [0.2, 0.25) is 0 Å². The van der Waals surface area contributed by atoms with E-state index in [1.807, 2.05) is 6.92 Å². The second-order valence-electron chi connectivity index (χ2n) is 6.57. The van der Waals surface area contributed by atoms with E-state index in [9.17, 15) is 20.1 Å². The first-order valence-corrected chi connectivity index (χ1v) is 9.03. The number of carbonyl (C=O) groups is 1. The van der Waals surface area contributed by atoms with Crippen LogP contribution in [0.1, 0.15) is 64.7 Å². The summed E-state index contributed by atoms with van der Waals surface area (Å²) in [6, 6.07) is 0. The number of rotatable bonds is 12. The summed E-state index contributed by atoms with van der Waals surface area (Å²) in [6.45, 7) is 1.87. The molecule has 0 bridgehead atoms. The maximum atomic E-state index is 10.4. The van der Waals surface area contributed by atoms with Crippen LogP contribution < -0.4 is 0 Å². The van der Waals surface area contributed by atoms with Gasteiger partial charge in [-0.3, -0.25) is 4.79 Å². The zero-order chi connectivity index (χ0) is 17.9. The molecule has 6 heteroatoms. The quantitative estimate of drug-likeness (QED) is 0.319. The van der Waals surface area contributed by atoms with Gasteiger partial charge in [-0.25, -0.2) is 0 Å². The molecule has 1 rings (SSSR count). The molecule has 0 unspecified atom stereocenters. The van der Waals surface area contributed by atoms with E-state index in [0.29, 0.717) is 25.7 Å². The Balaban J connectivity index is 2.15. The minimum Gasteiger partial charge on any atom is -0.481 e. The number of hydrogen-bond donors (Lipinski definition) is 4. The Bertz CT molecular complexity index is 384. The predicted molar refractivity (Wildman–Crippen MR) is 90.7 cm³/mol. The van der Waals surface area contributed by atoms with Crippen molar-refractivity contribution in [2.24, 2.45) is 0 Å². The second kappa shape index (κ2) is 11.6. The fourth-order valence-electron chi connectivity index (χ4n) is 2.90. The summed E-state index contributed by atoms with van der Waals surface area (Å²) in [5.74, 6) is -0.749. The minimum absolute atomic E-state index is 0.225. The van der Waals surface area contributed by atoms with Crippen molar-refractivity contribution in [2.45, 2.75) is 95.2 Å². The average molecular weight is 344 g/mol. The number of ether oxygens (including phenoxy) is 1. The van der Waals surface area contributed by atoms with Gasteiger partial charge in [0.1, 0.15) is 6.10 Å². The molecule has 0 amide bonds. The van der Waals surface area contributed by atoms with Crippen molar-refractivity contribution < 1.29 is 30.0 Å². The Hall–Kier alpha value is -0.950. The lowest BCUT2D eigenvalue weighted by atomic mass is 10.0. The summed E-state index contributed by atoms with van der Waals surface area (Å²) in [4.78, 5) is 10.4. The van der Waals surface area contributed by atoms with E-state index in [1.165, 1.54) is 0 Å². The molecule has 24 heavy (non-hydrogen) atoms. The van der Waals surface area contributed by atoms with Crippen molar-refractivity contribution in [3.8, 4) is 0 Å². The lowest BCUT2D eigenvalue weighted by Crippen LogP contribution is -2.25. The van der Waals surface area contributed by atoms with E-state index < -0.39 is 30.4 Å². The summed E-state index contributed by atoms with van der Waals surface area (Å²) in [6.07, 6.45) is 7.04. The van der Waals surface area contributed by atoms with Gasteiger partial charge in [0.25, 0.3) is 0 Å². The highest BCUT2D eigenvalue weighted by atomic mass is 16.5. The van der Waals surface area contributed by atoms with Crippen LogP contribution in [-0.4, -0.2) is 56.9 Å². The Morgan fingerprint density at radius 2 is 1.88 bits per heavy atom. The maximum Gasteiger partial charge on any atom is 0.303 e. The van der Waals surface area contributed by atoms with E-state index in [1.54, 1.807) is 12.2 Å². The highest BCUT2D eigenvalue weighted by Gasteiger charge is 2.35. The van der Waals surface area contributed by atoms with Crippen LogP contribution in [0, 0.1) is 0 Å². The molecule has 0 aromatic heterocycles. The van der Waals surface area contributed by atoms with Crippen molar-refractivity contribution >= 4 is 5.97 Å². The molecule has 140 valence electrons. The van der Waals surface area contributed by atoms with Crippen molar-refractivity contribution in [3.05, 3.63) is 12.2 Å². The molecule has 4 N–H and O–H groups in total. The third-order valence-electron chi connectivity index (χ3n) is 4.45. The van der Waals surface area contributed by atoms with Gasteiger partial charge in [-0.15, -0.1) is 0 Å². The monoisotopic (exact) mass is 344 g/mol. The number of aliphatic carboxylic acids is 1. The summed E-state index contributed by atoms with van der Waals surface area (Å²) < 4.78 is 5.62. The number of carboxylic acid groups (broad SMARTS) is 1. The first-order valence-electron chi connectivity index (χ1n) is 9.03. The van der Waals surface area contributed by atoms with Gasteiger partial charge in [0, 0.05) is 12.8 Å². The highest BCUT2D eigenvalue weighted by Crippen LogP contribution is 2.25. The molecule has 1 heterocycles. The summed E-state index contributed by atoms with van der Waals surface area (Å²) in [5, 5.41) is 38.2. The molecule has 1 aliphatic heterocycles. The van der Waals surface area contributed by atoms with Gasteiger partial charge in [-0.1, -0.05) is 44.8 Å². The van der Waals surface area contributed by atoms with Crippen LogP contribution in [0.2, 0.25) is 0 Å². The van der Waals surface area contributed by atoms with E-state index in [0.717, 1.165) is 25.7 Å². The zero-order valence-corrected chi connectivity index (χ0v) is 14.5. The van der Waals surface area contributed by atoms with Gasteiger partial charge in [0.05, 0.1) is 24.4 Å². The second-order valence-corrected chi connectivity index (χ2v) is 6.57. The summed E-state index contributed by atoms with van der Waals surface area (Å²) >= 11 is 0. The van der Waals surface area contributed by atoms with E-state index >= 15 is 0 Å². The molecular formula is C18H32O6. The zero-order valence-electron chi connectivity index (χ0n) is 14.5. The molecule has 5 atom stereocenters. The summed E-state index contributed by atoms with van der Waals surface area (Å²) in [5.41, 5.74) is 0. The maximum absolute atomic E-state index is 10.4. The number of aliphatic hydroxyl groups is 3. The lowest BCUT2D eigenvalue weighted by molar-refractivity contribution is -0.137. The van der Waals surface area contributed by atoms with Gasteiger partial charge < -0.3 is 25.2 Å². The Morgan fingerprint density at radius 3 is 2.54 bits per heavy atom. The third-order valence-corrected chi connectivity index (χ3v) is 4.45. The van der Waals surface area contributed by atoms with Gasteiger partial charge in [0.15, 0.2) is 0 Å². The molecule has 1 saturated heterocycles. The van der Waals surface area contributed by atoms with E-state index in [2.05, 4.69) is 0 Å². The van der Waals surface area contributed by atoms with Crippen LogP contribution in [0.4, 0.5) is 0 Å². The Morgan fingerprint density at radius 1 is 1.21 bits per heavy atom. The lowest BCUT2D eigenvalue weighted by Gasteiger charge is -2.16. The molecule has 0 aliphatic carbocycles. The minimum atomic E-state index is -0.749. The van der Waals surface area contributed by atoms with Crippen LogP contribution in [0.3, 0.4) is 0 Å². The normalized spacial score (nSPS) is 26.8. The van der Waals surface area contributed by atoms with Crippen LogP contribution in [-0.2, 0) is 9.53 Å². The first kappa shape index (κ1) is 21.1. The van der Waals surface area contributed by atoms with Gasteiger partial charge in [-0.05, 0) is 19.3 Å². The smallest absolute Gasteiger partial charge is 0.303 e. The molecule has 0 saturated carbocycles. The molecule has 0 aromatic carbocycles.